The zero-order valence-electron chi connectivity index (χ0n) is 9.35. The van der Waals surface area contributed by atoms with Crippen LogP contribution in [-0.4, -0.2) is 23.9 Å². The van der Waals surface area contributed by atoms with Crippen LogP contribution < -0.4 is 11.1 Å². The van der Waals surface area contributed by atoms with Crippen LogP contribution in [0.15, 0.2) is 24.3 Å². The van der Waals surface area contributed by atoms with E-state index in [0.29, 0.717) is 11.6 Å². The van der Waals surface area contributed by atoms with Gasteiger partial charge in [0.25, 0.3) is 0 Å². The molecule has 0 unspecified atom stereocenters. The molecule has 94 valence electrons. The van der Waals surface area contributed by atoms with Crippen LogP contribution in [0.2, 0.25) is 5.02 Å². The molecule has 7 heteroatoms. The fraction of sp³-hybridized carbons (Fsp3) is 0.300. The van der Waals surface area contributed by atoms with Crippen molar-refractivity contribution in [3.63, 3.8) is 0 Å². The number of halogens is 1. The lowest BCUT2D eigenvalue weighted by Crippen LogP contribution is -2.13. The molecule has 3 N–H and O–H groups in total. The van der Waals surface area contributed by atoms with Crippen molar-refractivity contribution in [1.29, 1.82) is 0 Å². The van der Waals surface area contributed by atoms with Crippen molar-refractivity contribution >= 4 is 23.2 Å². The molecule has 17 heavy (non-hydrogen) atoms. The van der Waals surface area contributed by atoms with Crippen molar-refractivity contribution in [3.8, 4) is 0 Å². The first kappa shape index (κ1) is 15.2. The molecular formula is C10H14ClN3O3. The Kier molecular flexibility index (Phi) is 7.45. The van der Waals surface area contributed by atoms with Crippen molar-refractivity contribution in [1.82, 2.24) is 0 Å². The Bertz CT molecular complexity index is 381. The Hall–Kier alpha value is -1.82. The Morgan fingerprint density at radius 2 is 2.18 bits per heavy atom. The molecule has 1 amide bonds. The maximum atomic E-state index is 10.00. The molecule has 0 saturated carbocycles. The number of nitro groups is 1. The van der Waals surface area contributed by atoms with Crippen molar-refractivity contribution < 1.29 is 9.72 Å². The van der Waals surface area contributed by atoms with Crippen LogP contribution in [0.5, 0.6) is 0 Å². The number of primary amides is 1. The molecule has 0 bridgehead atoms. The predicted molar refractivity (Wildman–Crippen MR) is 66.7 cm³/mol. The van der Waals surface area contributed by atoms with Crippen molar-refractivity contribution in [2.45, 2.75) is 6.92 Å². The summed E-state index contributed by atoms with van der Waals surface area (Å²) in [6.07, 6.45) is 0. The summed E-state index contributed by atoms with van der Waals surface area (Å²) in [7, 11) is 0. The van der Waals surface area contributed by atoms with Gasteiger partial charge >= 0.3 is 0 Å². The minimum atomic E-state index is -0.364. The van der Waals surface area contributed by atoms with Gasteiger partial charge in [0.2, 0.25) is 12.5 Å². The van der Waals surface area contributed by atoms with E-state index in [1.807, 2.05) is 6.07 Å². The van der Waals surface area contributed by atoms with Crippen LogP contribution in [-0.2, 0) is 4.79 Å². The number of benzene rings is 1. The minimum absolute atomic E-state index is 0.0908. The Balaban J connectivity index is 0.000000557. The summed E-state index contributed by atoms with van der Waals surface area (Å²) >= 11 is 5.71. The fourth-order valence-electron chi connectivity index (χ4n) is 0.890. The first-order chi connectivity index (χ1) is 7.91. The van der Waals surface area contributed by atoms with Gasteiger partial charge in [-0.1, -0.05) is 17.7 Å². The van der Waals surface area contributed by atoms with Crippen LogP contribution in [0.4, 0.5) is 5.69 Å². The average molecular weight is 260 g/mol. The highest BCUT2D eigenvalue weighted by atomic mass is 35.5. The number of nitrogens with zero attached hydrogens (tertiary/aromatic N) is 1. The smallest absolute Gasteiger partial charge is 0.220 e. The van der Waals surface area contributed by atoms with E-state index in [4.69, 9.17) is 11.6 Å². The van der Waals surface area contributed by atoms with Gasteiger partial charge < -0.3 is 11.1 Å². The highest BCUT2D eigenvalue weighted by Gasteiger charge is 1.96. The molecule has 0 aliphatic rings. The topological polar surface area (TPSA) is 98.3 Å². The van der Waals surface area contributed by atoms with E-state index in [9.17, 15) is 14.9 Å². The number of rotatable bonds is 4. The van der Waals surface area contributed by atoms with E-state index in [-0.39, 0.29) is 17.4 Å². The third kappa shape index (κ3) is 10.5. The number of anilines is 1. The second-order valence-corrected chi connectivity index (χ2v) is 3.54. The second-order valence-electron chi connectivity index (χ2n) is 3.10. The summed E-state index contributed by atoms with van der Waals surface area (Å²) in [5.74, 6) is -0.333. The average Bonchev–Trinajstić information content (AvgIpc) is 2.16. The highest BCUT2D eigenvalue weighted by molar-refractivity contribution is 6.30. The van der Waals surface area contributed by atoms with Gasteiger partial charge in [-0.15, -0.1) is 0 Å². The largest absolute Gasteiger partial charge is 0.378 e. The molecule has 0 aliphatic heterocycles. The van der Waals surface area contributed by atoms with Crippen molar-refractivity contribution in [3.05, 3.63) is 39.4 Å². The van der Waals surface area contributed by atoms with E-state index in [1.54, 1.807) is 18.2 Å². The van der Waals surface area contributed by atoms with Gasteiger partial charge in [0.05, 0.1) is 6.54 Å². The van der Waals surface area contributed by atoms with Gasteiger partial charge in [0.15, 0.2) is 0 Å². The maximum absolute atomic E-state index is 10.00. The molecule has 0 aromatic heterocycles. The summed E-state index contributed by atoms with van der Waals surface area (Å²) in [5, 5.41) is 13.5. The standard InChI is InChI=1S/C8H9ClN2O2.C2H5NO/c9-7-2-1-3-8(6-7)10-4-5-11(12)13;1-2(3)4/h1-3,6,10H,4-5H2;1H3,(H2,3,4). The summed E-state index contributed by atoms with van der Waals surface area (Å²) in [6, 6.07) is 7.07. The van der Waals surface area contributed by atoms with E-state index >= 15 is 0 Å². The third-order valence-electron chi connectivity index (χ3n) is 1.45. The molecule has 0 aliphatic carbocycles. The monoisotopic (exact) mass is 259 g/mol. The number of hydrogen-bond donors (Lipinski definition) is 2. The molecule has 1 rings (SSSR count). The number of nitrogens with one attached hydrogen (secondary N) is 1. The van der Waals surface area contributed by atoms with Crippen LogP contribution in [0.1, 0.15) is 6.92 Å². The molecular weight excluding hydrogens is 246 g/mol. The van der Waals surface area contributed by atoms with Crippen molar-refractivity contribution in [2.75, 3.05) is 18.4 Å². The van der Waals surface area contributed by atoms with E-state index in [0.717, 1.165) is 5.69 Å². The molecule has 1 aromatic carbocycles. The minimum Gasteiger partial charge on any atom is -0.378 e. The predicted octanol–water partition coefficient (Wildman–Crippen LogP) is 1.52. The van der Waals surface area contributed by atoms with Crippen LogP contribution >= 0.6 is 11.6 Å². The second kappa shape index (κ2) is 8.35. The summed E-state index contributed by atoms with van der Waals surface area (Å²) in [5.41, 5.74) is 5.27. The fourth-order valence-corrected chi connectivity index (χ4v) is 1.08. The molecule has 1 aromatic rings. The Labute approximate surface area is 104 Å². The molecule has 0 atom stereocenters. The van der Waals surface area contributed by atoms with Crippen molar-refractivity contribution in [2.24, 2.45) is 5.73 Å². The van der Waals surface area contributed by atoms with Gasteiger partial charge in [-0.3, -0.25) is 14.9 Å². The molecule has 6 nitrogen and oxygen atoms in total. The van der Waals surface area contributed by atoms with Gasteiger partial charge in [0, 0.05) is 22.6 Å². The molecule has 0 radical (unpaired) electrons. The third-order valence-corrected chi connectivity index (χ3v) is 1.68. The van der Waals surface area contributed by atoms with Gasteiger partial charge in [0.1, 0.15) is 0 Å². The molecule has 0 heterocycles. The van der Waals surface area contributed by atoms with Gasteiger partial charge in [-0.25, -0.2) is 0 Å². The lowest BCUT2D eigenvalue weighted by atomic mass is 10.3. The number of amides is 1. The van der Waals surface area contributed by atoms with E-state index in [1.165, 1.54) is 6.92 Å². The maximum Gasteiger partial charge on any atom is 0.220 e. The Morgan fingerprint density at radius 3 is 2.65 bits per heavy atom. The normalized spacial score (nSPS) is 8.82. The quantitative estimate of drug-likeness (QED) is 0.633. The van der Waals surface area contributed by atoms with E-state index in [2.05, 4.69) is 11.1 Å². The number of hydrogen-bond acceptors (Lipinski definition) is 4. The first-order valence-corrected chi connectivity index (χ1v) is 5.17. The number of carbonyl (C=O) groups is 1. The summed E-state index contributed by atoms with van der Waals surface area (Å²) < 4.78 is 0. The summed E-state index contributed by atoms with van der Waals surface area (Å²) in [4.78, 5) is 18.9. The zero-order chi connectivity index (χ0) is 13.3. The number of carbonyl (C=O) groups excluding carboxylic acids is 1. The van der Waals surface area contributed by atoms with Gasteiger partial charge in [-0.2, -0.15) is 0 Å². The number of nitrogens with two attached hydrogens (primary N) is 1. The zero-order valence-corrected chi connectivity index (χ0v) is 10.1. The van der Waals surface area contributed by atoms with E-state index < -0.39 is 0 Å². The van der Waals surface area contributed by atoms with Crippen LogP contribution in [0.3, 0.4) is 0 Å². The lowest BCUT2D eigenvalue weighted by Gasteiger charge is -2.02. The molecule has 0 saturated heterocycles. The SMILES string of the molecule is CC(N)=O.O=[N+]([O-])CCNc1cccc(Cl)c1. The lowest BCUT2D eigenvalue weighted by molar-refractivity contribution is -0.476. The van der Waals surface area contributed by atoms with Crippen LogP contribution in [0.25, 0.3) is 0 Å². The molecule has 0 spiro atoms. The summed E-state index contributed by atoms with van der Waals surface area (Å²) in [6.45, 7) is 1.53. The first-order valence-electron chi connectivity index (χ1n) is 4.79. The molecule has 0 fully saturated rings. The van der Waals surface area contributed by atoms with Crippen LogP contribution in [0, 0.1) is 10.1 Å². The highest BCUT2D eigenvalue weighted by Crippen LogP contribution is 2.14. The Morgan fingerprint density at radius 1 is 1.59 bits per heavy atom. The van der Waals surface area contributed by atoms with Gasteiger partial charge in [-0.05, 0) is 18.2 Å².